The highest BCUT2D eigenvalue weighted by Gasteiger charge is 2.15. The van der Waals surface area contributed by atoms with Crippen molar-refractivity contribution in [2.75, 3.05) is 4.72 Å². The van der Waals surface area contributed by atoms with Crippen LogP contribution in [0.4, 0.5) is 5.82 Å². The summed E-state index contributed by atoms with van der Waals surface area (Å²) in [7, 11) is -3.57. The molecule has 0 saturated heterocycles. The van der Waals surface area contributed by atoms with Gasteiger partial charge in [-0.25, -0.2) is 8.42 Å². The number of nitrogens with one attached hydrogen (secondary N) is 2. The Balaban J connectivity index is 2.24. The number of anilines is 1. The van der Waals surface area contributed by atoms with Crippen molar-refractivity contribution in [2.45, 2.75) is 31.6 Å². The van der Waals surface area contributed by atoms with E-state index in [1.807, 2.05) is 19.1 Å². The fourth-order valence-corrected chi connectivity index (χ4v) is 2.69. The van der Waals surface area contributed by atoms with Gasteiger partial charge in [0.1, 0.15) is 0 Å². The van der Waals surface area contributed by atoms with Crippen LogP contribution in [-0.2, 0) is 10.0 Å². The lowest BCUT2D eigenvalue weighted by molar-refractivity contribution is 0.601. The van der Waals surface area contributed by atoms with Crippen LogP contribution in [0.2, 0.25) is 0 Å². The van der Waals surface area contributed by atoms with Crippen molar-refractivity contribution in [3.05, 3.63) is 41.6 Å². The molecule has 0 aliphatic carbocycles. The number of aromatic amines is 1. The number of hydrogen-bond donors (Lipinski definition) is 2. The van der Waals surface area contributed by atoms with Crippen LogP contribution >= 0.6 is 0 Å². The Labute approximate surface area is 113 Å². The molecule has 6 heteroatoms. The molecule has 1 aromatic carbocycles. The van der Waals surface area contributed by atoms with Gasteiger partial charge in [-0.05, 0) is 30.5 Å². The monoisotopic (exact) mass is 279 g/mol. The molecule has 1 heterocycles. The molecule has 0 unspecified atom stereocenters. The molecule has 2 N–H and O–H groups in total. The Morgan fingerprint density at radius 1 is 1.21 bits per heavy atom. The average molecular weight is 279 g/mol. The lowest BCUT2D eigenvalue weighted by Crippen LogP contribution is -2.13. The van der Waals surface area contributed by atoms with Gasteiger partial charge in [0.25, 0.3) is 10.0 Å². The Bertz CT molecular complexity index is 657. The van der Waals surface area contributed by atoms with Crippen molar-refractivity contribution in [3.8, 4) is 0 Å². The Morgan fingerprint density at radius 3 is 2.32 bits per heavy atom. The summed E-state index contributed by atoms with van der Waals surface area (Å²) >= 11 is 0. The number of hydrogen-bond acceptors (Lipinski definition) is 3. The number of aromatic nitrogens is 2. The molecule has 2 rings (SSSR count). The Hall–Kier alpha value is -1.82. The van der Waals surface area contributed by atoms with Crippen LogP contribution in [0.3, 0.4) is 0 Å². The van der Waals surface area contributed by atoms with E-state index in [-0.39, 0.29) is 4.90 Å². The minimum atomic E-state index is -3.57. The smallest absolute Gasteiger partial charge is 0.263 e. The second-order valence-electron chi connectivity index (χ2n) is 4.77. The van der Waals surface area contributed by atoms with E-state index in [1.54, 1.807) is 18.2 Å². The van der Waals surface area contributed by atoms with E-state index in [1.165, 1.54) is 0 Å². The molecule has 0 aliphatic heterocycles. The molecule has 0 bridgehead atoms. The van der Waals surface area contributed by atoms with Gasteiger partial charge in [-0.1, -0.05) is 26.0 Å². The van der Waals surface area contributed by atoms with Gasteiger partial charge >= 0.3 is 0 Å². The van der Waals surface area contributed by atoms with Crippen LogP contribution in [-0.4, -0.2) is 18.6 Å². The second kappa shape index (κ2) is 5.05. The number of H-pyrrole nitrogens is 1. The third kappa shape index (κ3) is 3.14. The minimum Gasteiger partial charge on any atom is -0.281 e. The quantitative estimate of drug-likeness (QED) is 0.903. The summed E-state index contributed by atoms with van der Waals surface area (Å²) in [4.78, 5) is 0.234. The van der Waals surface area contributed by atoms with E-state index in [0.29, 0.717) is 11.7 Å². The predicted molar refractivity (Wildman–Crippen MR) is 74.7 cm³/mol. The van der Waals surface area contributed by atoms with Gasteiger partial charge in [0.2, 0.25) is 0 Å². The number of sulfonamides is 1. The number of nitrogens with zero attached hydrogens (tertiary/aromatic N) is 1. The second-order valence-corrected chi connectivity index (χ2v) is 6.45. The number of rotatable bonds is 4. The van der Waals surface area contributed by atoms with Crippen molar-refractivity contribution in [1.29, 1.82) is 0 Å². The van der Waals surface area contributed by atoms with Gasteiger partial charge in [0.15, 0.2) is 5.82 Å². The SMILES string of the molecule is Cc1cc(NS(=O)(=O)c2ccc(C(C)C)cc2)n[nH]1. The fourth-order valence-electron chi connectivity index (χ4n) is 1.70. The Morgan fingerprint density at radius 2 is 1.84 bits per heavy atom. The summed E-state index contributed by atoms with van der Waals surface area (Å²) in [6.07, 6.45) is 0. The molecule has 19 heavy (non-hydrogen) atoms. The zero-order chi connectivity index (χ0) is 14.0. The first-order valence-corrected chi connectivity index (χ1v) is 7.51. The summed E-state index contributed by atoms with van der Waals surface area (Å²) in [5, 5.41) is 6.55. The fraction of sp³-hybridized carbons (Fsp3) is 0.308. The van der Waals surface area contributed by atoms with Crippen LogP contribution in [0.1, 0.15) is 31.0 Å². The van der Waals surface area contributed by atoms with E-state index in [2.05, 4.69) is 28.8 Å². The van der Waals surface area contributed by atoms with E-state index in [4.69, 9.17) is 0 Å². The lowest BCUT2D eigenvalue weighted by Gasteiger charge is -2.08. The summed E-state index contributed by atoms with van der Waals surface area (Å²) in [5.41, 5.74) is 1.91. The van der Waals surface area contributed by atoms with Crippen LogP contribution in [0.5, 0.6) is 0 Å². The predicted octanol–water partition coefficient (Wildman–Crippen LogP) is 2.64. The molecule has 1 aromatic heterocycles. The molecule has 0 saturated carbocycles. The van der Waals surface area contributed by atoms with Gasteiger partial charge in [0.05, 0.1) is 4.90 Å². The zero-order valence-corrected chi connectivity index (χ0v) is 12.0. The molecule has 2 aromatic rings. The summed E-state index contributed by atoms with van der Waals surface area (Å²) in [6, 6.07) is 8.51. The normalized spacial score (nSPS) is 11.8. The van der Waals surface area contributed by atoms with Crippen molar-refractivity contribution in [2.24, 2.45) is 0 Å². The number of benzene rings is 1. The van der Waals surface area contributed by atoms with Gasteiger partial charge in [-0.2, -0.15) is 5.10 Å². The molecule has 5 nitrogen and oxygen atoms in total. The van der Waals surface area contributed by atoms with Crippen LogP contribution in [0, 0.1) is 6.92 Å². The van der Waals surface area contributed by atoms with Crippen molar-refractivity contribution < 1.29 is 8.42 Å². The van der Waals surface area contributed by atoms with E-state index >= 15 is 0 Å². The van der Waals surface area contributed by atoms with E-state index < -0.39 is 10.0 Å². The van der Waals surface area contributed by atoms with Crippen molar-refractivity contribution in [3.63, 3.8) is 0 Å². The van der Waals surface area contributed by atoms with Crippen LogP contribution in [0.15, 0.2) is 35.2 Å². The maximum Gasteiger partial charge on any atom is 0.263 e. The Kier molecular flexibility index (Phi) is 3.61. The summed E-state index contributed by atoms with van der Waals surface area (Å²) in [5.74, 6) is 0.670. The van der Waals surface area contributed by atoms with Gasteiger partial charge in [0, 0.05) is 11.8 Å². The molecule has 0 atom stereocenters. The van der Waals surface area contributed by atoms with Crippen LogP contribution in [0.25, 0.3) is 0 Å². The maximum atomic E-state index is 12.1. The molecule has 0 fully saturated rings. The maximum absolute atomic E-state index is 12.1. The van der Waals surface area contributed by atoms with Crippen LogP contribution < -0.4 is 4.72 Å². The molecular weight excluding hydrogens is 262 g/mol. The van der Waals surface area contributed by atoms with E-state index in [9.17, 15) is 8.42 Å². The largest absolute Gasteiger partial charge is 0.281 e. The first-order chi connectivity index (χ1) is 8.88. The molecule has 0 spiro atoms. The zero-order valence-electron chi connectivity index (χ0n) is 11.1. The minimum absolute atomic E-state index is 0.234. The third-order valence-corrected chi connectivity index (χ3v) is 4.17. The highest BCUT2D eigenvalue weighted by Crippen LogP contribution is 2.19. The number of aryl methyl sites for hydroxylation is 1. The van der Waals surface area contributed by atoms with Crippen molar-refractivity contribution >= 4 is 15.8 Å². The topological polar surface area (TPSA) is 74.8 Å². The van der Waals surface area contributed by atoms with E-state index in [0.717, 1.165) is 11.3 Å². The molecule has 0 aliphatic rings. The van der Waals surface area contributed by atoms with Gasteiger partial charge in [-0.15, -0.1) is 0 Å². The molecule has 0 radical (unpaired) electrons. The average Bonchev–Trinajstić information content (AvgIpc) is 2.74. The third-order valence-electron chi connectivity index (χ3n) is 2.80. The molecular formula is C13H17N3O2S. The first-order valence-electron chi connectivity index (χ1n) is 6.03. The summed E-state index contributed by atoms with van der Waals surface area (Å²) < 4.78 is 26.7. The van der Waals surface area contributed by atoms with Gasteiger partial charge in [-0.3, -0.25) is 9.82 Å². The highest BCUT2D eigenvalue weighted by molar-refractivity contribution is 7.92. The highest BCUT2D eigenvalue weighted by atomic mass is 32.2. The van der Waals surface area contributed by atoms with Gasteiger partial charge < -0.3 is 0 Å². The lowest BCUT2D eigenvalue weighted by atomic mass is 10.0. The van der Waals surface area contributed by atoms with Crippen molar-refractivity contribution in [1.82, 2.24) is 10.2 Å². The summed E-state index contributed by atoms with van der Waals surface area (Å²) in [6.45, 7) is 5.94. The first kappa shape index (κ1) is 13.6. The molecule has 102 valence electrons. The molecule has 0 amide bonds. The standard InChI is InChI=1S/C13H17N3O2S/c1-9(2)11-4-6-12(7-5-11)19(17,18)16-13-8-10(3)14-15-13/h4-9H,1-3H3,(H2,14,15,16).